The fourth-order valence-electron chi connectivity index (χ4n) is 2.87. The molecule has 1 N–H and O–H groups in total. The molecule has 4 aromatic rings. The summed E-state index contributed by atoms with van der Waals surface area (Å²) in [5.74, 6) is 0.919. The highest BCUT2D eigenvalue weighted by molar-refractivity contribution is 6.33. The van der Waals surface area contributed by atoms with Gasteiger partial charge in [0.15, 0.2) is 0 Å². The van der Waals surface area contributed by atoms with Gasteiger partial charge in [-0.05, 0) is 37.3 Å². The summed E-state index contributed by atoms with van der Waals surface area (Å²) >= 11 is 6.42. The highest BCUT2D eigenvalue weighted by Crippen LogP contribution is 2.35. The van der Waals surface area contributed by atoms with E-state index in [2.05, 4.69) is 22.7 Å². The molecule has 2 heterocycles. The third kappa shape index (κ3) is 2.53. The van der Waals surface area contributed by atoms with Gasteiger partial charge in [0.05, 0.1) is 5.02 Å². The molecule has 0 spiro atoms. The van der Waals surface area contributed by atoms with Gasteiger partial charge in [-0.1, -0.05) is 54.1 Å². The quantitative estimate of drug-likeness (QED) is 0.520. The normalized spacial score (nSPS) is 10.9. The van der Waals surface area contributed by atoms with Crippen molar-refractivity contribution in [3.05, 3.63) is 83.5 Å². The number of para-hydroxylation sites is 1. The van der Waals surface area contributed by atoms with E-state index in [9.17, 15) is 0 Å². The van der Waals surface area contributed by atoms with Crippen molar-refractivity contribution in [3.63, 3.8) is 0 Å². The van der Waals surface area contributed by atoms with Crippen LogP contribution in [0.4, 0.5) is 11.5 Å². The number of halogens is 1. The van der Waals surface area contributed by atoms with Crippen LogP contribution in [0.3, 0.4) is 0 Å². The molecule has 0 aliphatic rings. The molecule has 0 amide bonds. The average molecular weight is 334 g/mol. The van der Waals surface area contributed by atoms with Gasteiger partial charge in [-0.15, -0.1) is 0 Å². The molecule has 0 unspecified atom stereocenters. The van der Waals surface area contributed by atoms with Crippen molar-refractivity contribution < 1.29 is 0 Å². The number of aryl methyl sites for hydroxylation is 1. The Morgan fingerprint density at radius 2 is 1.62 bits per heavy atom. The van der Waals surface area contributed by atoms with E-state index in [-0.39, 0.29) is 0 Å². The Morgan fingerprint density at radius 3 is 2.42 bits per heavy atom. The van der Waals surface area contributed by atoms with Crippen molar-refractivity contribution in [2.45, 2.75) is 6.92 Å². The molecule has 0 atom stereocenters. The van der Waals surface area contributed by atoms with E-state index in [0.29, 0.717) is 5.02 Å². The van der Waals surface area contributed by atoms with E-state index in [0.717, 1.165) is 34.1 Å². The zero-order chi connectivity index (χ0) is 16.5. The number of fused-ring (bicyclic) bond motifs is 1. The summed E-state index contributed by atoms with van der Waals surface area (Å²) in [5, 5.41) is 4.19. The van der Waals surface area contributed by atoms with Crippen LogP contribution in [0.25, 0.3) is 16.9 Å². The zero-order valence-electron chi connectivity index (χ0n) is 13.2. The number of nitrogens with zero attached hydrogens (tertiary/aromatic N) is 2. The Morgan fingerprint density at radius 1 is 0.875 bits per heavy atom. The van der Waals surface area contributed by atoms with Crippen LogP contribution in [0.15, 0.2) is 72.8 Å². The summed E-state index contributed by atoms with van der Waals surface area (Å²) in [7, 11) is 0. The van der Waals surface area contributed by atoms with Gasteiger partial charge in [0.2, 0.25) is 0 Å². The summed E-state index contributed by atoms with van der Waals surface area (Å²) in [5.41, 5.74) is 4.77. The lowest BCUT2D eigenvalue weighted by Crippen LogP contribution is -1.99. The largest absolute Gasteiger partial charge is 0.339 e. The second kappa shape index (κ2) is 6.02. The Kier molecular flexibility index (Phi) is 3.71. The van der Waals surface area contributed by atoms with Crippen LogP contribution in [-0.4, -0.2) is 9.38 Å². The molecule has 4 heteroatoms. The summed E-state index contributed by atoms with van der Waals surface area (Å²) < 4.78 is 2.12. The SMILES string of the molecule is Cc1cccc2nc(-c3ccccc3Cl)c(Nc3ccccc3)n12. The lowest BCUT2D eigenvalue weighted by atomic mass is 10.1. The standard InChI is InChI=1S/C20H16ClN3/c1-14-8-7-13-18-23-19(16-11-5-6-12-17(16)21)20(24(14)18)22-15-9-3-2-4-10-15/h2-13,22H,1H3. The Labute approximate surface area is 145 Å². The molecule has 0 saturated heterocycles. The van der Waals surface area contributed by atoms with Crippen LogP contribution in [0.2, 0.25) is 5.02 Å². The molecular weight excluding hydrogens is 318 g/mol. The maximum Gasteiger partial charge on any atom is 0.143 e. The first kappa shape index (κ1) is 14.8. The minimum Gasteiger partial charge on any atom is -0.339 e. The maximum atomic E-state index is 6.42. The molecule has 0 fully saturated rings. The number of benzene rings is 2. The Balaban J connectivity index is 1.98. The van der Waals surface area contributed by atoms with Gasteiger partial charge in [0.1, 0.15) is 17.2 Å². The van der Waals surface area contributed by atoms with Gasteiger partial charge in [-0.3, -0.25) is 4.40 Å². The Hall–Kier alpha value is -2.78. The fourth-order valence-corrected chi connectivity index (χ4v) is 3.09. The number of anilines is 2. The minimum absolute atomic E-state index is 0.690. The smallest absolute Gasteiger partial charge is 0.143 e. The predicted molar refractivity (Wildman–Crippen MR) is 100 cm³/mol. The molecule has 0 bridgehead atoms. The van der Waals surface area contributed by atoms with Crippen molar-refractivity contribution in [3.8, 4) is 11.3 Å². The van der Waals surface area contributed by atoms with E-state index in [1.54, 1.807) is 0 Å². The van der Waals surface area contributed by atoms with E-state index < -0.39 is 0 Å². The topological polar surface area (TPSA) is 29.3 Å². The summed E-state index contributed by atoms with van der Waals surface area (Å²) in [6.07, 6.45) is 0. The molecule has 4 rings (SSSR count). The zero-order valence-corrected chi connectivity index (χ0v) is 14.0. The monoisotopic (exact) mass is 333 g/mol. The number of pyridine rings is 1. The van der Waals surface area contributed by atoms with Crippen molar-refractivity contribution in [2.75, 3.05) is 5.32 Å². The molecule has 2 aromatic heterocycles. The van der Waals surface area contributed by atoms with Crippen LogP contribution in [0.1, 0.15) is 5.69 Å². The van der Waals surface area contributed by atoms with Gasteiger partial charge in [-0.2, -0.15) is 0 Å². The molecule has 0 aliphatic heterocycles. The van der Waals surface area contributed by atoms with Gasteiger partial charge in [0.25, 0.3) is 0 Å². The maximum absolute atomic E-state index is 6.42. The Bertz CT molecular complexity index is 1010. The molecule has 118 valence electrons. The van der Waals surface area contributed by atoms with Gasteiger partial charge in [-0.25, -0.2) is 4.98 Å². The summed E-state index contributed by atoms with van der Waals surface area (Å²) in [6.45, 7) is 2.07. The number of hydrogen-bond donors (Lipinski definition) is 1. The molecule has 3 nitrogen and oxygen atoms in total. The third-order valence-corrected chi connectivity index (χ3v) is 4.33. The number of nitrogens with one attached hydrogen (secondary N) is 1. The van der Waals surface area contributed by atoms with Crippen LogP contribution in [0.5, 0.6) is 0 Å². The van der Waals surface area contributed by atoms with E-state index in [4.69, 9.17) is 16.6 Å². The van der Waals surface area contributed by atoms with Crippen molar-refractivity contribution in [2.24, 2.45) is 0 Å². The van der Waals surface area contributed by atoms with Gasteiger partial charge < -0.3 is 5.32 Å². The van der Waals surface area contributed by atoms with Crippen LogP contribution in [-0.2, 0) is 0 Å². The third-order valence-electron chi connectivity index (χ3n) is 4.00. The van der Waals surface area contributed by atoms with Crippen molar-refractivity contribution >= 4 is 28.8 Å². The van der Waals surface area contributed by atoms with Crippen molar-refractivity contribution in [1.29, 1.82) is 0 Å². The first-order valence-corrected chi connectivity index (χ1v) is 8.17. The molecule has 0 saturated carbocycles. The second-order valence-corrected chi connectivity index (χ2v) is 6.05. The molecule has 0 aliphatic carbocycles. The predicted octanol–water partition coefficient (Wildman–Crippen LogP) is 5.71. The van der Waals surface area contributed by atoms with Crippen LogP contribution < -0.4 is 5.32 Å². The van der Waals surface area contributed by atoms with Crippen molar-refractivity contribution in [1.82, 2.24) is 9.38 Å². The fraction of sp³-hybridized carbons (Fsp3) is 0.0500. The van der Waals surface area contributed by atoms with Crippen LogP contribution in [0, 0.1) is 6.92 Å². The van der Waals surface area contributed by atoms with Gasteiger partial charge in [0, 0.05) is 16.9 Å². The highest BCUT2D eigenvalue weighted by Gasteiger charge is 2.17. The number of rotatable bonds is 3. The lowest BCUT2D eigenvalue weighted by Gasteiger charge is -2.11. The van der Waals surface area contributed by atoms with E-state index in [1.165, 1.54) is 0 Å². The number of imidazole rings is 1. The number of aromatic nitrogens is 2. The number of hydrogen-bond acceptors (Lipinski definition) is 2. The molecule has 2 aromatic carbocycles. The van der Waals surface area contributed by atoms with E-state index in [1.807, 2.05) is 66.7 Å². The van der Waals surface area contributed by atoms with Crippen LogP contribution >= 0.6 is 11.6 Å². The molecule has 0 radical (unpaired) electrons. The average Bonchev–Trinajstić information content (AvgIpc) is 2.96. The lowest BCUT2D eigenvalue weighted by molar-refractivity contribution is 1.10. The summed E-state index contributed by atoms with van der Waals surface area (Å²) in [6, 6.07) is 24.0. The molecule has 24 heavy (non-hydrogen) atoms. The first-order chi connectivity index (χ1) is 11.7. The minimum atomic E-state index is 0.690. The second-order valence-electron chi connectivity index (χ2n) is 5.64. The first-order valence-electron chi connectivity index (χ1n) is 7.79. The molecular formula is C20H16ClN3. The highest BCUT2D eigenvalue weighted by atomic mass is 35.5. The van der Waals surface area contributed by atoms with E-state index >= 15 is 0 Å². The van der Waals surface area contributed by atoms with Gasteiger partial charge >= 0.3 is 0 Å². The summed E-state index contributed by atoms with van der Waals surface area (Å²) in [4.78, 5) is 4.82.